The second-order valence-corrected chi connectivity index (χ2v) is 6.77. The Morgan fingerprint density at radius 3 is 2.07 bits per heavy atom. The van der Waals surface area contributed by atoms with Gasteiger partial charge in [0.2, 0.25) is 0 Å². The highest BCUT2D eigenvalue weighted by atomic mass is 16.5. The zero-order valence-corrected chi connectivity index (χ0v) is 16.0. The van der Waals surface area contributed by atoms with Crippen LogP contribution in [0.25, 0.3) is 0 Å². The second kappa shape index (κ2) is 9.67. The lowest BCUT2D eigenvalue weighted by molar-refractivity contribution is 0.242. The molecular formula is C24H27NO2. The number of hydrogen-bond acceptors (Lipinski definition) is 3. The van der Waals surface area contributed by atoms with Crippen LogP contribution in [0.5, 0.6) is 11.5 Å². The van der Waals surface area contributed by atoms with Crippen molar-refractivity contribution >= 4 is 5.69 Å². The number of rotatable bonds is 9. The Balaban J connectivity index is 1.43. The topological polar surface area (TPSA) is 30.5 Å². The summed E-state index contributed by atoms with van der Waals surface area (Å²) < 4.78 is 11.5. The van der Waals surface area contributed by atoms with Gasteiger partial charge in [0.25, 0.3) is 0 Å². The van der Waals surface area contributed by atoms with Gasteiger partial charge in [0.1, 0.15) is 11.5 Å². The summed E-state index contributed by atoms with van der Waals surface area (Å²) in [6.45, 7) is 5.52. The van der Waals surface area contributed by atoms with Crippen molar-refractivity contribution in [2.75, 3.05) is 11.9 Å². The van der Waals surface area contributed by atoms with Gasteiger partial charge in [-0.1, -0.05) is 42.5 Å². The summed E-state index contributed by atoms with van der Waals surface area (Å²) in [7, 11) is 0. The lowest BCUT2D eigenvalue weighted by atomic mass is 10.2. The van der Waals surface area contributed by atoms with E-state index in [-0.39, 0.29) is 6.10 Å². The molecule has 3 aromatic rings. The van der Waals surface area contributed by atoms with Gasteiger partial charge in [-0.2, -0.15) is 0 Å². The fraction of sp³-hybridized carbons (Fsp3) is 0.250. The van der Waals surface area contributed by atoms with Crippen molar-refractivity contribution < 1.29 is 9.47 Å². The van der Waals surface area contributed by atoms with E-state index in [2.05, 4.69) is 41.7 Å². The molecule has 0 spiro atoms. The summed E-state index contributed by atoms with van der Waals surface area (Å²) in [5.74, 6) is 1.80. The number of ether oxygens (including phenoxy) is 2. The molecule has 3 aromatic carbocycles. The third-order valence-corrected chi connectivity index (χ3v) is 4.15. The largest absolute Gasteiger partial charge is 0.493 e. The summed E-state index contributed by atoms with van der Waals surface area (Å²) in [5.41, 5.74) is 3.59. The Bertz CT molecular complexity index is 796. The van der Waals surface area contributed by atoms with Crippen molar-refractivity contribution in [2.45, 2.75) is 32.9 Å². The van der Waals surface area contributed by atoms with Gasteiger partial charge in [-0.15, -0.1) is 0 Å². The zero-order valence-electron chi connectivity index (χ0n) is 16.0. The van der Waals surface area contributed by atoms with Crippen LogP contribution in [-0.2, 0) is 13.0 Å². The highest BCUT2D eigenvalue weighted by Gasteiger charge is 2.00. The molecule has 140 valence electrons. The van der Waals surface area contributed by atoms with Gasteiger partial charge in [-0.05, 0) is 61.4 Å². The molecule has 0 fully saturated rings. The molecule has 0 unspecified atom stereocenters. The van der Waals surface area contributed by atoms with Crippen LogP contribution in [0.3, 0.4) is 0 Å². The smallest absolute Gasteiger partial charge is 0.119 e. The first-order valence-electron chi connectivity index (χ1n) is 9.45. The molecule has 3 nitrogen and oxygen atoms in total. The average molecular weight is 361 g/mol. The Kier molecular flexibility index (Phi) is 6.75. The maximum absolute atomic E-state index is 5.83. The van der Waals surface area contributed by atoms with Crippen LogP contribution in [0, 0.1) is 0 Å². The van der Waals surface area contributed by atoms with Crippen molar-refractivity contribution in [3.63, 3.8) is 0 Å². The van der Waals surface area contributed by atoms with Crippen LogP contribution in [0.1, 0.15) is 25.0 Å². The Morgan fingerprint density at radius 1 is 0.741 bits per heavy atom. The molecule has 0 heterocycles. The summed E-state index contributed by atoms with van der Waals surface area (Å²) in [5, 5.41) is 3.43. The van der Waals surface area contributed by atoms with Gasteiger partial charge < -0.3 is 14.8 Å². The van der Waals surface area contributed by atoms with E-state index < -0.39 is 0 Å². The minimum atomic E-state index is 0.197. The molecular weight excluding hydrogens is 334 g/mol. The fourth-order valence-electron chi connectivity index (χ4n) is 2.76. The normalized spacial score (nSPS) is 10.6. The first-order valence-corrected chi connectivity index (χ1v) is 9.45. The number of hydrogen-bond donors (Lipinski definition) is 1. The minimum absolute atomic E-state index is 0.197. The van der Waals surface area contributed by atoms with Crippen molar-refractivity contribution in [1.29, 1.82) is 0 Å². The second-order valence-electron chi connectivity index (χ2n) is 6.77. The van der Waals surface area contributed by atoms with Crippen LogP contribution >= 0.6 is 0 Å². The van der Waals surface area contributed by atoms with E-state index in [1.54, 1.807) is 0 Å². The standard InChI is InChI=1S/C24H27NO2/c1-19(2)27-24-12-8-21(9-13-24)18-25-22-10-14-23(15-11-22)26-17-16-20-6-4-3-5-7-20/h3-15,19,25H,16-18H2,1-2H3. The molecule has 0 atom stereocenters. The van der Waals surface area contributed by atoms with Crippen molar-refractivity contribution in [3.8, 4) is 11.5 Å². The number of benzene rings is 3. The molecule has 0 bridgehead atoms. The zero-order chi connectivity index (χ0) is 18.9. The number of anilines is 1. The lowest BCUT2D eigenvalue weighted by Crippen LogP contribution is -2.05. The average Bonchev–Trinajstić information content (AvgIpc) is 2.69. The lowest BCUT2D eigenvalue weighted by Gasteiger charge is -2.11. The first-order chi connectivity index (χ1) is 13.2. The molecule has 0 saturated heterocycles. The third-order valence-electron chi connectivity index (χ3n) is 4.15. The Morgan fingerprint density at radius 2 is 1.41 bits per heavy atom. The van der Waals surface area contributed by atoms with Gasteiger partial charge in [0.15, 0.2) is 0 Å². The van der Waals surface area contributed by atoms with E-state index in [0.29, 0.717) is 6.61 Å². The van der Waals surface area contributed by atoms with Crippen LogP contribution in [0.2, 0.25) is 0 Å². The number of nitrogens with one attached hydrogen (secondary N) is 1. The molecule has 27 heavy (non-hydrogen) atoms. The molecule has 0 aliphatic rings. The van der Waals surface area contributed by atoms with Crippen LogP contribution in [-0.4, -0.2) is 12.7 Å². The van der Waals surface area contributed by atoms with Gasteiger partial charge in [0, 0.05) is 18.7 Å². The van der Waals surface area contributed by atoms with Crippen molar-refractivity contribution in [1.82, 2.24) is 0 Å². The van der Waals surface area contributed by atoms with E-state index in [0.717, 1.165) is 30.2 Å². The van der Waals surface area contributed by atoms with Gasteiger partial charge in [-0.25, -0.2) is 0 Å². The Hall–Kier alpha value is -2.94. The van der Waals surface area contributed by atoms with Gasteiger partial charge >= 0.3 is 0 Å². The maximum Gasteiger partial charge on any atom is 0.119 e. The monoisotopic (exact) mass is 361 g/mol. The molecule has 0 radical (unpaired) electrons. The third kappa shape index (κ3) is 6.37. The molecule has 0 aromatic heterocycles. The quantitative estimate of drug-likeness (QED) is 0.530. The van der Waals surface area contributed by atoms with Crippen molar-refractivity contribution in [2.24, 2.45) is 0 Å². The highest BCUT2D eigenvalue weighted by Crippen LogP contribution is 2.18. The predicted octanol–water partition coefficient (Wildman–Crippen LogP) is 5.71. The molecule has 1 N–H and O–H groups in total. The fourth-order valence-corrected chi connectivity index (χ4v) is 2.76. The molecule has 3 rings (SSSR count). The van der Waals surface area contributed by atoms with E-state index in [1.807, 2.05) is 56.3 Å². The molecule has 0 aliphatic carbocycles. The van der Waals surface area contributed by atoms with Crippen LogP contribution in [0.15, 0.2) is 78.9 Å². The SMILES string of the molecule is CC(C)Oc1ccc(CNc2ccc(OCCc3ccccc3)cc2)cc1. The van der Waals surface area contributed by atoms with E-state index in [1.165, 1.54) is 11.1 Å². The van der Waals surface area contributed by atoms with Gasteiger partial charge in [0.05, 0.1) is 12.7 Å². The van der Waals surface area contributed by atoms with E-state index in [9.17, 15) is 0 Å². The predicted molar refractivity (Wildman–Crippen MR) is 112 cm³/mol. The van der Waals surface area contributed by atoms with E-state index >= 15 is 0 Å². The summed E-state index contributed by atoms with van der Waals surface area (Å²) in [4.78, 5) is 0. The summed E-state index contributed by atoms with van der Waals surface area (Å²) >= 11 is 0. The van der Waals surface area contributed by atoms with E-state index in [4.69, 9.17) is 9.47 Å². The first kappa shape index (κ1) is 18.8. The Labute approximate surface area is 162 Å². The highest BCUT2D eigenvalue weighted by molar-refractivity contribution is 5.47. The summed E-state index contributed by atoms with van der Waals surface area (Å²) in [6.07, 6.45) is 1.11. The molecule has 3 heteroatoms. The summed E-state index contributed by atoms with van der Waals surface area (Å²) in [6, 6.07) is 26.7. The molecule has 0 aliphatic heterocycles. The molecule has 0 amide bonds. The van der Waals surface area contributed by atoms with Crippen molar-refractivity contribution in [3.05, 3.63) is 90.0 Å². The van der Waals surface area contributed by atoms with Crippen LogP contribution in [0.4, 0.5) is 5.69 Å². The minimum Gasteiger partial charge on any atom is -0.493 e. The maximum atomic E-state index is 5.83. The van der Waals surface area contributed by atoms with Crippen LogP contribution < -0.4 is 14.8 Å². The van der Waals surface area contributed by atoms with Gasteiger partial charge in [-0.3, -0.25) is 0 Å². The molecule has 0 saturated carbocycles.